The number of nitrogens with one attached hydrogen (secondary N) is 1. The van der Waals surface area contributed by atoms with E-state index in [1.54, 1.807) is 0 Å². The minimum atomic E-state index is -0.587. The fourth-order valence-corrected chi connectivity index (χ4v) is 2.14. The van der Waals surface area contributed by atoms with Crippen LogP contribution in [-0.4, -0.2) is 48.7 Å². The summed E-state index contributed by atoms with van der Waals surface area (Å²) in [6.45, 7) is 10.0. The van der Waals surface area contributed by atoms with Crippen LogP contribution in [0.1, 0.15) is 40.5 Å². The van der Waals surface area contributed by atoms with Gasteiger partial charge in [-0.2, -0.15) is 0 Å². The summed E-state index contributed by atoms with van der Waals surface area (Å²) in [5.74, 6) is -0.163. The van der Waals surface area contributed by atoms with Crippen LogP contribution in [0.5, 0.6) is 0 Å². The molecule has 0 radical (unpaired) electrons. The van der Waals surface area contributed by atoms with Crippen molar-refractivity contribution in [1.29, 1.82) is 0 Å². The van der Waals surface area contributed by atoms with Crippen molar-refractivity contribution in [1.82, 2.24) is 10.2 Å². The summed E-state index contributed by atoms with van der Waals surface area (Å²) in [5.41, 5.74) is -0.587. The van der Waals surface area contributed by atoms with Crippen molar-refractivity contribution in [3.05, 3.63) is 0 Å². The Bertz CT molecular complexity index is 264. The van der Waals surface area contributed by atoms with Crippen LogP contribution in [-0.2, 0) is 9.53 Å². The topological polar surface area (TPSA) is 41.6 Å². The van der Waals surface area contributed by atoms with Crippen molar-refractivity contribution >= 4 is 5.97 Å². The lowest BCUT2D eigenvalue weighted by molar-refractivity contribution is -0.149. The molecule has 4 heteroatoms. The van der Waals surface area contributed by atoms with Crippen molar-refractivity contribution in [3.63, 3.8) is 0 Å². The zero-order valence-electron chi connectivity index (χ0n) is 11.7. The van der Waals surface area contributed by atoms with Crippen LogP contribution in [0.2, 0.25) is 0 Å². The highest BCUT2D eigenvalue weighted by Crippen LogP contribution is 2.24. The molecule has 1 atom stereocenters. The van der Waals surface area contributed by atoms with Gasteiger partial charge in [0, 0.05) is 18.6 Å². The number of hydrogen-bond acceptors (Lipinski definition) is 4. The van der Waals surface area contributed by atoms with E-state index in [0.717, 1.165) is 6.54 Å². The first-order valence-electron chi connectivity index (χ1n) is 6.53. The summed E-state index contributed by atoms with van der Waals surface area (Å²) in [5, 5.41) is 3.42. The van der Waals surface area contributed by atoms with E-state index >= 15 is 0 Å². The summed E-state index contributed by atoms with van der Waals surface area (Å²) in [7, 11) is 1.46. The van der Waals surface area contributed by atoms with Crippen LogP contribution in [0, 0.1) is 0 Å². The maximum atomic E-state index is 12.0. The molecule has 0 heterocycles. The van der Waals surface area contributed by atoms with Gasteiger partial charge < -0.3 is 4.74 Å². The zero-order valence-corrected chi connectivity index (χ0v) is 11.7. The minimum Gasteiger partial charge on any atom is -0.468 e. The van der Waals surface area contributed by atoms with Crippen LogP contribution < -0.4 is 5.32 Å². The molecule has 100 valence electrons. The lowest BCUT2D eigenvalue weighted by Crippen LogP contribution is -2.59. The molecule has 0 saturated heterocycles. The first-order valence-corrected chi connectivity index (χ1v) is 6.53. The van der Waals surface area contributed by atoms with Gasteiger partial charge in [0.1, 0.15) is 5.54 Å². The maximum Gasteiger partial charge on any atom is 0.327 e. The van der Waals surface area contributed by atoms with Crippen molar-refractivity contribution < 1.29 is 9.53 Å². The molecular formula is C13H26N2O2. The van der Waals surface area contributed by atoms with Crippen LogP contribution in [0.15, 0.2) is 0 Å². The smallest absolute Gasteiger partial charge is 0.327 e. The molecule has 0 spiro atoms. The normalized spacial score (nSPS) is 19.5. The third-order valence-electron chi connectivity index (χ3n) is 3.39. The molecule has 1 fully saturated rings. The van der Waals surface area contributed by atoms with Crippen LogP contribution in [0.25, 0.3) is 0 Å². The third kappa shape index (κ3) is 3.96. The van der Waals surface area contributed by atoms with E-state index in [4.69, 9.17) is 4.74 Å². The van der Waals surface area contributed by atoms with Gasteiger partial charge in [-0.25, -0.2) is 0 Å². The first kappa shape index (κ1) is 14.5. The van der Waals surface area contributed by atoms with Crippen LogP contribution >= 0.6 is 0 Å². The van der Waals surface area contributed by atoms with Crippen molar-refractivity contribution in [2.24, 2.45) is 0 Å². The van der Waals surface area contributed by atoms with Crippen molar-refractivity contribution in [2.75, 3.05) is 20.2 Å². The Hall–Kier alpha value is -0.610. The second kappa shape index (κ2) is 5.83. The predicted octanol–water partition coefficient (Wildman–Crippen LogP) is 1.40. The monoisotopic (exact) mass is 242 g/mol. The van der Waals surface area contributed by atoms with E-state index in [0.29, 0.717) is 18.6 Å². The average molecular weight is 242 g/mol. The van der Waals surface area contributed by atoms with Gasteiger partial charge in [0.2, 0.25) is 0 Å². The number of rotatable bonds is 7. The van der Waals surface area contributed by atoms with Crippen molar-refractivity contribution in [3.8, 4) is 0 Å². The fourth-order valence-electron chi connectivity index (χ4n) is 2.14. The molecule has 0 amide bonds. The van der Waals surface area contributed by atoms with E-state index in [9.17, 15) is 4.79 Å². The lowest BCUT2D eigenvalue weighted by Gasteiger charge is -2.35. The standard InChI is InChI=1S/C13H26N2O2/c1-6-15(10(2)3)9-13(4,12(16)17-5)14-11-7-8-11/h10-11,14H,6-9H2,1-5H3. The highest BCUT2D eigenvalue weighted by molar-refractivity contribution is 5.80. The van der Waals surface area contributed by atoms with Gasteiger partial charge in [-0.1, -0.05) is 6.92 Å². The molecule has 1 aliphatic rings. The van der Waals surface area contributed by atoms with Gasteiger partial charge in [-0.15, -0.1) is 0 Å². The molecule has 1 aliphatic carbocycles. The number of carbonyl (C=O) groups excluding carboxylic acids is 1. The quantitative estimate of drug-likeness (QED) is 0.685. The Balaban J connectivity index is 2.70. The summed E-state index contributed by atoms with van der Waals surface area (Å²) < 4.78 is 4.94. The molecule has 0 aromatic carbocycles. The Morgan fingerprint density at radius 3 is 2.47 bits per heavy atom. The molecule has 1 rings (SSSR count). The molecule has 17 heavy (non-hydrogen) atoms. The third-order valence-corrected chi connectivity index (χ3v) is 3.39. The Kier molecular flexibility index (Phi) is 4.95. The fraction of sp³-hybridized carbons (Fsp3) is 0.923. The number of likely N-dealkylation sites (N-methyl/N-ethyl adjacent to an activating group) is 1. The second-order valence-corrected chi connectivity index (χ2v) is 5.40. The van der Waals surface area contributed by atoms with E-state index in [2.05, 4.69) is 31.0 Å². The van der Waals surface area contributed by atoms with E-state index < -0.39 is 5.54 Å². The summed E-state index contributed by atoms with van der Waals surface area (Å²) in [4.78, 5) is 14.2. The molecule has 1 saturated carbocycles. The molecular weight excluding hydrogens is 216 g/mol. The zero-order chi connectivity index (χ0) is 13.1. The van der Waals surface area contributed by atoms with Gasteiger partial charge in [-0.05, 0) is 40.2 Å². The van der Waals surface area contributed by atoms with Gasteiger partial charge in [0.15, 0.2) is 0 Å². The largest absolute Gasteiger partial charge is 0.468 e. The van der Waals surface area contributed by atoms with Crippen LogP contribution in [0.3, 0.4) is 0 Å². The highest BCUT2D eigenvalue weighted by atomic mass is 16.5. The average Bonchev–Trinajstić information content (AvgIpc) is 3.08. The number of hydrogen-bond donors (Lipinski definition) is 1. The Labute approximate surface area is 105 Å². The highest BCUT2D eigenvalue weighted by Gasteiger charge is 2.40. The molecule has 0 bridgehead atoms. The number of methoxy groups -OCH3 is 1. The number of ether oxygens (including phenoxy) is 1. The van der Waals surface area contributed by atoms with Gasteiger partial charge >= 0.3 is 5.97 Å². The molecule has 4 nitrogen and oxygen atoms in total. The van der Waals surface area contributed by atoms with E-state index in [1.165, 1.54) is 20.0 Å². The van der Waals surface area contributed by atoms with Gasteiger partial charge in [0.05, 0.1) is 7.11 Å². The number of nitrogens with zero attached hydrogens (tertiary/aromatic N) is 1. The minimum absolute atomic E-state index is 0.163. The van der Waals surface area contributed by atoms with Crippen molar-refractivity contribution in [2.45, 2.75) is 58.2 Å². The van der Waals surface area contributed by atoms with E-state index in [-0.39, 0.29) is 5.97 Å². The van der Waals surface area contributed by atoms with Crippen LogP contribution in [0.4, 0.5) is 0 Å². The lowest BCUT2D eigenvalue weighted by atomic mass is 10.0. The number of carbonyl (C=O) groups is 1. The van der Waals surface area contributed by atoms with Gasteiger partial charge in [0.25, 0.3) is 0 Å². The van der Waals surface area contributed by atoms with E-state index in [1.807, 2.05) is 6.92 Å². The first-order chi connectivity index (χ1) is 7.92. The molecule has 1 N–H and O–H groups in total. The summed E-state index contributed by atoms with van der Waals surface area (Å²) in [6.07, 6.45) is 2.33. The molecule has 0 aromatic rings. The summed E-state index contributed by atoms with van der Waals surface area (Å²) >= 11 is 0. The van der Waals surface area contributed by atoms with Gasteiger partial charge in [-0.3, -0.25) is 15.0 Å². The maximum absolute atomic E-state index is 12.0. The second-order valence-electron chi connectivity index (χ2n) is 5.40. The Morgan fingerprint density at radius 1 is 1.53 bits per heavy atom. The SMILES string of the molecule is CCN(CC(C)(NC1CC1)C(=O)OC)C(C)C. The molecule has 1 unspecified atom stereocenters. The number of esters is 1. The summed E-state index contributed by atoms with van der Waals surface area (Å²) in [6, 6.07) is 0.926. The predicted molar refractivity (Wildman–Crippen MR) is 69.0 cm³/mol. The Morgan fingerprint density at radius 2 is 2.12 bits per heavy atom. The molecule has 0 aromatic heterocycles. The molecule has 0 aliphatic heterocycles.